The second-order valence-corrected chi connectivity index (χ2v) is 5.88. The van der Waals surface area contributed by atoms with Crippen LogP contribution in [0.2, 0.25) is 0 Å². The second-order valence-electron chi connectivity index (χ2n) is 5.88. The topological polar surface area (TPSA) is 30.5 Å². The maximum atomic E-state index is 6.12. The molecule has 0 saturated carbocycles. The predicted molar refractivity (Wildman–Crippen MR) is 86.8 cm³/mol. The van der Waals surface area contributed by atoms with Crippen molar-refractivity contribution in [2.24, 2.45) is 0 Å². The van der Waals surface area contributed by atoms with E-state index in [2.05, 4.69) is 44.3 Å². The van der Waals surface area contributed by atoms with E-state index in [4.69, 9.17) is 9.47 Å². The monoisotopic (exact) mass is 291 g/mol. The molecule has 2 rings (SSSR count). The Bertz CT molecular complexity index is 421. The number of benzene rings is 1. The molecule has 1 aromatic rings. The SMILES string of the molecule is CCCNC(c1ccccc1OCCC)C1CCC(C)O1. The zero-order valence-electron chi connectivity index (χ0n) is 13.6. The molecule has 3 unspecified atom stereocenters. The zero-order valence-corrected chi connectivity index (χ0v) is 13.6. The molecule has 1 N–H and O–H groups in total. The fraction of sp³-hybridized carbons (Fsp3) is 0.667. The molecule has 0 aliphatic carbocycles. The van der Waals surface area contributed by atoms with Crippen molar-refractivity contribution >= 4 is 0 Å². The van der Waals surface area contributed by atoms with E-state index in [1.54, 1.807) is 0 Å². The molecule has 0 bridgehead atoms. The van der Waals surface area contributed by atoms with Gasteiger partial charge < -0.3 is 14.8 Å². The largest absolute Gasteiger partial charge is 0.493 e. The van der Waals surface area contributed by atoms with Crippen molar-refractivity contribution < 1.29 is 9.47 Å². The number of hydrogen-bond acceptors (Lipinski definition) is 3. The van der Waals surface area contributed by atoms with Crippen molar-refractivity contribution in [1.29, 1.82) is 0 Å². The van der Waals surface area contributed by atoms with E-state index >= 15 is 0 Å². The van der Waals surface area contributed by atoms with Gasteiger partial charge in [0.2, 0.25) is 0 Å². The average Bonchev–Trinajstić information content (AvgIpc) is 2.93. The van der Waals surface area contributed by atoms with E-state index in [1.165, 1.54) is 5.56 Å². The molecule has 118 valence electrons. The highest BCUT2D eigenvalue weighted by molar-refractivity contribution is 5.36. The van der Waals surface area contributed by atoms with Gasteiger partial charge in [0.25, 0.3) is 0 Å². The first-order chi connectivity index (χ1) is 10.3. The Hall–Kier alpha value is -1.06. The molecule has 1 heterocycles. The Labute approximate surface area is 129 Å². The Kier molecular flexibility index (Phi) is 6.52. The molecule has 3 atom stereocenters. The van der Waals surface area contributed by atoms with Gasteiger partial charge in [-0.15, -0.1) is 0 Å². The van der Waals surface area contributed by atoms with E-state index in [1.807, 2.05) is 6.07 Å². The van der Waals surface area contributed by atoms with Crippen LogP contribution in [-0.2, 0) is 4.74 Å². The lowest BCUT2D eigenvalue weighted by molar-refractivity contribution is 0.0309. The summed E-state index contributed by atoms with van der Waals surface area (Å²) >= 11 is 0. The van der Waals surface area contributed by atoms with Crippen LogP contribution in [0, 0.1) is 0 Å². The van der Waals surface area contributed by atoms with Crippen LogP contribution < -0.4 is 10.1 Å². The molecule has 1 aliphatic rings. The standard InChI is InChI=1S/C18H29NO2/c1-4-12-19-18(17-11-10-14(3)21-17)15-8-6-7-9-16(15)20-13-5-2/h6-9,14,17-19H,4-5,10-13H2,1-3H3. The number of rotatable bonds is 8. The number of hydrogen-bond donors (Lipinski definition) is 1. The molecule has 3 nitrogen and oxygen atoms in total. The van der Waals surface area contributed by atoms with Crippen LogP contribution in [-0.4, -0.2) is 25.4 Å². The zero-order chi connectivity index (χ0) is 15.1. The predicted octanol–water partition coefficient (Wildman–Crippen LogP) is 4.08. The molecule has 1 aliphatic heterocycles. The normalized spacial score (nSPS) is 23.2. The van der Waals surface area contributed by atoms with Crippen LogP contribution in [0.5, 0.6) is 5.75 Å². The van der Waals surface area contributed by atoms with Gasteiger partial charge in [0.05, 0.1) is 24.9 Å². The van der Waals surface area contributed by atoms with Crippen molar-refractivity contribution in [3.05, 3.63) is 29.8 Å². The molecule has 0 spiro atoms. The van der Waals surface area contributed by atoms with Gasteiger partial charge in [-0.1, -0.05) is 32.0 Å². The van der Waals surface area contributed by atoms with Gasteiger partial charge in [-0.25, -0.2) is 0 Å². The molecule has 3 heteroatoms. The van der Waals surface area contributed by atoms with Crippen molar-refractivity contribution in [3.8, 4) is 5.75 Å². The van der Waals surface area contributed by atoms with Crippen molar-refractivity contribution in [2.45, 2.75) is 64.7 Å². The number of ether oxygens (including phenoxy) is 2. The van der Waals surface area contributed by atoms with Crippen LogP contribution in [0.1, 0.15) is 58.1 Å². The minimum atomic E-state index is 0.225. The van der Waals surface area contributed by atoms with Crippen molar-refractivity contribution in [2.75, 3.05) is 13.2 Å². The summed E-state index contributed by atoms with van der Waals surface area (Å²) in [5.74, 6) is 0.996. The lowest BCUT2D eigenvalue weighted by atomic mass is 9.98. The van der Waals surface area contributed by atoms with Gasteiger partial charge in [0.1, 0.15) is 5.75 Å². The highest BCUT2D eigenvalue weighted by atomic mass is 16.5. The van der Waals surface area contributed by atoms with Crippen molar-refractivity contribution in [1.82, 2.24) is 5.32 Å². The lowest BCUT2D eigenvalue weighted by Gasteiger charge is -2.27. The third kappa shape index (κ3) is 4.45. The van der Waals surface area contributed by atoms with E-state index in [0.29, 0.717) is 6.10 Å². The van der Waals surface area contributed by atoms with Crippen LogP contribution in [0.15, 0.2) is 24.3 Å². The molecular weight excluding hydrogens is 262 g/mol. The summed E-state index contributed by atoms with van der Waals surface area (Å²) in [7, 11) is 0. The van der Waals surface area contributed by atoms with Crippen molar-refractivity contribution in [3.63, 3.8) is 0 Å². The van der Waals surface area contributed by atoms with Crippen LogP contribution >= 0.6 is 0 Å². The summed E-state index contributed by atoms with van der Waals surface area (Å²) in [5, 5.41) is 3.66. The number of para-hydroxylation sites is 1. The average molecular weight is 291 g/mol. The minimum Gasteiger partial charge on any atom is -0.493 e. The Morgan fingerprint density at radius 3 is 2.71 bits per heavy atom. The molecule has 0 radical (unpaired) electrons. The van der Waals surface area contributed by atoms with Gasteiger partial charge in [0.15, 0.2) is 0 Å². The summed E-state index contributed by atoms with van der Waals surface area (Å²) in [4.78, 5) is 0. The second kappa shape index (κ2) is 8.40. The lowest BCUT2D eigenvalue weighted by Crippen LogP contribution is -2.33. The molecular formula is C18H29NO2. The first-order valence-electron chi connectivity index (χ1n) is 8.36. The third-order valence-corrected chi connectivity index (χ3v) is 3.97. The molecule has 0 amide bonds. The summed E-state index contributed by atoms with van der Waals surface area (Å²) in [5.41, 5.74) is 1.23. The van der Waals surface area contributed by atoms with E-state index in [-0.39, 0.29) is 12.1 Å². The fourth-order valence-electron chi connectivity index (χ4n) is 2.90. The Morgan fingerprint density at radius 1 is 1.24 bits per heavy atom. The molecule has 1 fully saturated rings. The molecule has 1 aromatic carbocycles. The summed E-state index contributed by atoms with van der Waals surface area (Å²) < 4.78 is 12.1. The first kappa shape index (κ1) is 16.3. The van der Waals surface area contributed by atoms with E-state index in [9.17, 15) is 0 Å². The van der Waals surface area contributed by atoms with Crippen LogP contribution in [0.25, 0.3) is 0 Å². The molecule has 21 heavy (non-hydrogen) atoms. The number of nitrogens with one attached hydrogen (secondary N) is 1. The van der Waals surface area contributed by atoms with E-state index in [0.717, 1.165) is 44.6 Å². The van der Waals surface area contributed by atoms with Crippen LogP contribution in [0.4, 0.5) is 0 Å². The smallest absolute Gasteiger partial charge is 0.124 e. The fourth-order valence-corrected chi connectivity index (χ4v) is 2.90. The summed E-state index contributed by atoms with van der Waals surface area (Å²) in [6.45, 7) is 8.26. The maximum absolute atomic E-state index is 6.12. The van der Waals surface area contributed by atoms with Gasteiger partial charge in [0, 0.05) is 5.56 Å². The van der Waals surface area contributed by atoms with Gasteiger partial charge in [-0.05, 0) is 45.2 Å². The van der Waals surface area contributed by atoms with Gasteiger partial charge in [-0.2, -0.15) is 0 Å². The van der Waals surface area contributed by atoms with Gasteiger partial charge in [-0.3, -0.25) is 0 Å². The highest BCUT2D eigenvalue weighted by Crippen LogP contribution is 2.34. The maximum Gasteiger partial charge on any atom is 0.124 e. The highest BCUT2D eigenvalue weighted by Gasteiger charge is 2.31. The summed E-state index contributed by atoms with van der Waals surface area (Å²) in [6, 6.07) is 8.61. The quantitative estimate of drug-likeness (QED) is 0.782. The Morgan fingerprint density at radius 2 is 2.05 bits per heavy atom. The molecule has 1 saturated heterocycles. The van der Waals surface area contributed by atoms with E-state index < -0.39 is 0 Å². The minimum absolute atomic E-state index is 0.225. The van der Waals surface area contributed by atoms with Gasteiger partial charge >= 0.3 is 0 Å². The first-order valence-corrected chi connectivity index (χ1v) is 8.36. The summed E-state index contributed by atoms with van der Waals surface area (Å²) in [6.07, 6.45) is 5.02. The molecule has 0 aromatic heterocycles. The third-order valence-electron chi connectivity index (χ3n) is 3.97. The van der Waals surface area contributed by atoms with Crippen LogP contribution in [0.3, 0.4) is 0 Å². The Balaban J connectivity index is 2.19.